The van der Waals surface area contributed by atoms with Crippen LogP contribution in [0.15, 0.2) is 60.7 Å². The summed E-state index contributed by atoms with van der Waals surface area (Å²) in [4.78, 5) is 23.3. The lowest BCUT2D eigenvalue weighted by molar-refractivity contribution is 0.0454. The lowest BCUT2D eigenvalue weighted by Crippen LogP contribution is -2.48. The summed E-state index contributed by atoms with van der Waals surface area (Å²) in [5.41, 5.74) is 11.5. The Labute approximate surface area is 241 Å². The van der Waals surface area contributed by atoms with Crippen LogP contribution in [0.5, 0.6) is 5.75 Å². The third kappa shape index (κ3) is 5.34. The van der Waals surface area contributed by atoms with Crippen molar-refractivity contribution in [2.24, 2.45) is 0 Å². The molecule has 0 saturated heterocycles. The fourth-order valence-corrected chi connectivity index (χ4v) is 7.69. The van der Waals surface area contributed by atoms with E-state index in [9.17, 15) is 4.79 Å². The number of hydrogen-bond acceptors (Lipinski definition) is 5. The van der Waals surface area contributed by atoms with Gasteiger partial charge in [-0.3, -0.25) is 4.79 Å². The Kier molecular flexibility index (Phi) is 8.05. The van der Waals surface area contributed by atoms with Crippen LogP contribution in [0.4, 0.5) is 5.69 Å². The van der Waals surface area contributed by atoms with Crippen molar-refractivity contribution in [2.75, 3.05) is 12.3 Å². The van der Waals surface area contributed by atoms with E-state index < -0.39 is 0 Å². The largest absolute Gasteiger partial charge is 0.494 e. The molecule has 0 aliphatic heterocycles. The molecule has 2 aromatic carbocycles. The van der Waals surface area contributed by atoms with Crippen LogP contribution in [0.2, 0.25) is 0 Å². The van der Waals surface area contributed by atoms with E-state index in [-0.39, 0.29) is 5.91 Å². The molecule has 2 heterocycles. The molecule has 1 amide bonds. The van der Waals surface area contributed by atoms with Gasteiger partial charge in [0.05, 0.1) is 18.0 Å². The average molecular weight is 554 g/mol. The second-order valence-corrected chi connectivity index (χ2v) is 12.2. The Hall–Kier alpha value is -3.38. The molecule has 208 valence electrons. The molecule has 6 rings (SSSR count). The van der Waals surface area contributed by atoms with E-state index in [4.69, 9.17) is 15.5 Å². The summed E-state index contributed by atoms with van der Waals surface area (Å²) >= 11 is 1.47. The van der Waals surface area contributed by atoms with Crippen molar-refractivity contribution < 1.29 is 9.53 Å². The number of aromatic nitrogens is 1. The molecule has 2 N–H and O–H groups in total. The quantitative estimate of drug-likeness (QED) is 0.248. The predicted molar refractivity (Wildman–Crippen MR) is 166 cm³/mol. The molecule has 0 atom stereocenters. The Balaban J connectivity index is 1.46. The first-order valence-corrected chi connectivity index (χ1v) is 15.8. The average Bonchev–Trinajstić information content (AvgIpc) is 3.35. The van der Waals surface area contributed by atoms with Crippen LogP contribution in [-0.2, 0) is 0 Å². The van der Waals surface area contributed by atoms with E-state index in [0.717, 1.165) is 64.0 Å². The number of carbonyl (C=O) groups is 1. The van der Waals surface area contributed by atoms with Crippen LogP contribution in [0.3, 0.4) is 0 Å². The lowest BCUT2D eigenvalue weighted by Gasteiger charge is -2.41. The first kappa shape index (κ1) is 26.8. The minimum absolute atomic E-state index is 0.112. The van der Waals surface area contributed by atoms with Crippen molar-refractivity contribution in [3.63, 3.8) is 0 Å². The molecule has 2 saturated carbocycles. The van der Waals surface area contributed by atoms with Crippen molar-refractivity contribution >= 4 is 33.1 Å². The van der Waals surface area contributed by atoms with Crippen LogP contribution in [0.1, 0.15) is 80.8 Å². The van der Waals surface area contributed by atoms with E-state index in [1.807, 2.05) is 49.4 Å². The second kappa shape index (κ2) is 12.0. The number of carbonyl (C=O) groups excluding carboxylic acids is 1. The molecule has 2 aliphatic carbocycles. The van der Waals surface area contributed by atoms with Gasteiger partial charge in [-0.2, -0.15) is 0 Å². The van der Waals surface area contributed by atoms with E-state index in [0.29, 0.717) is 29.3 Å². The molecular formula is C34H39N3O2S. The molecule has 40 heavy (non-hydrogen) atoms. The Morgan fingerprint density at radius 3 is 2.12 bits per heavy atom. The van der Waals surface area contributed by atoms with Gasteiger partial charge in [-0.15, -0.1) is 11.3 Å². The van der Waals surface area contributed by atoms with Gasteiger partial charge in [0.2, 0.25) is 0 Å². The highest BCUT2D eigenvalue weighted by Crippen LogP contribution is 2.43. The molecule has 0 spiro atoms. The number of nitrogens with two attached hydrogens (primary N) is 1. The normalized spacial score (nSPS) is 16.7. The first-order chi connectivity index (χ1) is 19.6. The van der Waals surface area contributed by atoms with Crippen molar-refractivity contribution in [3.05, 3.63) is 65.5 Å². The minimum atomic E-state index is 0.112. The van der Waals surface area contributed by atoms with Gasteiger partial charge in [0.25, 0.3) is 5.91 Å². The summed E-state index contributed by atoms with van der Waals surface area (Å²) < 4.78 is 5.65. The number of nitrogen functional groups attached to an aromatic ring is 1. The predicted octanol–water partition coefficient (Wildman–Crippen LogP) is 8.72. The number of fused-ring (bicyclic) bond motifs is 1. The van der Waals surface area contributed by atoms with Gasteiger partial charge in [-0.1, -0.05) is 68.9 Å². The number of pyridine rings is 1. The van der Waals surface area contributed by atoms with Gasteiger partial charge >= 0.3 is 0 Å². The highest BCUT2D eigenvalue weighted by molar-refractivity contribution is 7.21. The molecule has 2 aliphatic rings. The molecule has 2 fully saturated rings. The van der Waals surface area contributed by atoms with Gasteiger partial charge in [-0.25, -0.2) is 4.98 Å². The number of thiophene rings is 1. The number of benzene rings is 2. The standard InChI is InChI=1S/C34H39N3O2S/c1-2-39-27-20-18-24(19-21-27)29-22-28(23-12-6-3-7-13-23)30-31(35)32(40-33(30)36-29)34(38)37(25-14-8-4-9-15-25)26-16-10-5-11-17-26/h3,6-7,12-13,18-22,25-26H,2,4-5,8-11,14-17,35H2,1H3. The van der Waals surface area contributed by atoms with Gasteiger partial charge in [0.1, 0.15) is 15.5 Å². The number of hydrogen-bond donors (Lipinski definition) is 1. The highest BCUT2D eigenvalue weighted by Gasteiger charge is 2.35. The number of nitrogens with zero attached hydrogens (tertiary/aromatic N) is 2. The zero-order valence-electron chi connectivity index (χ0n) is 23.4. The number of anilines is 1. The fourth-order valence-electron chi connectivity index (χ4n) is 6.63. The van der Waals surface area contributed by atoms with Crippen LogP contribution in [0.25, 0.3) is 32.6 Å². The van der Waals surface area contributed by atoms with E-state index in [1.54, 1.807) is 0 Å². The summed E-state index contributed by atoms with van der Waals surface area (Å²) in [6, 6.07) is 21.1. The number of rotatable bonds is 7. The Bertz CT molecular complexity index is 1430. The first-order valence-electron chi connectivity index (χ1n) is 15.0. The number of amides is 1. The van der Waals surface area contributed by atoms with E-state index in [2.05, 4.69) is 23.1 Å². The Morgan fingerprint density at radius 2 is 1.52 bits per heavy atom. The molecule has 0 unspecified atom stereocenters. The number of ether oxygens (including phenoxy) is 1. The van der Waals surface area contributed by atoms with Crippen molar-refractivity contribution in [1.29, 1.82) is 0 Å². The maximum Gasteiger partial charge on any atom is 0.266 e. The van der Waals surface area contributed by atoms with E-state index in [1.165, 1.54) is 49.9 Å². The van der Waals surface area contributed by atoms with Crippen LogP contribution >= 0.6 is 11.3 Å². The van der Waals surface area contributed by atoms with Gasteiger partial charge < -0.3 is 15.4 Å². The summed E-state index contributed by atoms with van der Waals surface area (Å²) in [5.74, 6) is 0.954. The zero-order chi connectivity index (χ0) is 27.5. The van der Waals surface area contributed by atoms with Gasteiger partial charge in [-0.05, 0) is 74.1 Å². The monoisotopic (exact) mass is 553 g/mol. The van der Waals surface area contributed by atoms with Crippen molar-refractivity contribution in [1.82, 2.24) is 9.88 Å². The van der Waals surface area contributed by atoms with Crippen LogP contribution in [-0.4, -0.2) is 34.5 Å². The van der Waals surface area contributed by atoms with Crippen molar-refractivity contribution in [2.45, 2.75) is 83.2 Å². The van der Waals surface area contributed by atoms with E-state index >= 15 is 0 Å². The zero-order valence-corrected chi connectivity index (χ0v) is 24.2. The molecule has 5 nitrogen and oxygen atoms in total. The maximum absolute atomic E-state index is 14.5. The second-order valence-electron chi connectivity index (χ2n) is 11.2. The Morgan fingerprint density at radius 1 is 0.900 bits per heavy atom. The fraction of sp³-hybridized carbons (Fsp3) is 0.412. The SMILES string of the molecule is CCOc1ccc(-c2cc(-c3ccccc3)c3c(N)c(C(=O)N(C4CCCCC4)C4CCCCC4)sc3n2)cc1. The molecule has 0 bridgehead atoms. The third-order valence-corrected chi connectivity index (χ3v) is 9.70. The molecule has 4 aromatic rings. The molecule has 2 aromatic heterocycles. The molecular weight excluding hydrogens is 514 g/mol. The third-order valence-electron chi connectivity index (χ3n) is 8.61. The summed E-state index contributed by atoms with van der Waals surface area (Å²) in [6.45, 7) is 2.62. The minimum Gasteiger partial charge on any atom is -0.494 e. The molecule has 0 radical (unpaired) electrons. The summed E-state index contributed by atoms with van der Waals surface area (Å²) in [7, 11) is 0. The van der Waals surface area contributed by atoms with Crippen molar-refractivity contribution in [3.8, 4) is 28.1 Å². The van der Waals surface area contributed by atoms with Crippen LogP contribution < -0.4 is 10.5 Å². The van der Waals surface area contributed by atoms with Gasteiger partial charge in [0.15, 0.2) is 0 Å². The lowest BCUT2D eigenvalue weighted by atomic mass is 9.88. The smallest absolute Gasteiger partial charge is 0.266 e. The topological polar surface area (TPSA) is 68.5 Å². The molecule has 6 heteroatoms. The summed E-state index contributed by atoms with van der Waals surface area (Å²) in [6.07, 6.45) is 11.8. The highest BCUT2D eigenvalue weighted by atomic mass is 32.1. The van der Waals surface area contributed by atoms with Gasteiger partial charge in [0, 0.05) is 23.0 Å². The summed E-state index contributed by atoms with van der Waals surface area (Å²) in [5, 5.41) is 0.890. The van der Waals surface area contributed by atoms with Crippen LogP contribution in [0, 0.1) is 0 Å². The maximum atomic E-state index is 14.5.